The van der Waals surface area contributed by atoms with Crippen molar-refractivity contribution < 1.29 is 21.7 Å². The lowest BCUT2D eigenvalue weighted by atomic mass is 9.98. The van der Waals surface area contributed by atoms with Gasteiger partial charge in [-0.3, -0.25) is 0 Å². The average molecular weight is 477 g/mol. The molecule has 0 aliphatic rings. The molecule has 0 unspecified atom stereocenters. The van der Waals surface area contributed by atoms with Gasteiger partial charge in [0.15, 0.2) is 5.75 Å². The summed E-state index contributed by atoms with van der Waals surface area (Å²) >= 11 is 0. The van der Waals surface area contributed by atoms with Crippen LogP contribution in [0.4, 0.5) is 21.8 Å². The molecular formula is C21H25FN6O4S. The predicted octanol–water partition coefficient (Wildman–Crippen LogP) is 2.20. The van der Waals surface area contributed by atoms with E-state index in [4.69, 9.17) is 26.1 Å². The summed E-state index contributed by atoms with van der Waals surface area (Å²) in [5.74, 6) is -0.162. The second kappa shape index (κ2) is 9.46. The first-order chi connectivity index (χ1) is 15.5. The molecular weight excluding hydrogens is 451 g/mol. The first-order valence-corrected chi connectivity index (χ1v) is 11.2. The van der Waals surface area contributed by atoms with Crippen LogP contribution in [0.2, 0.25) is 0 Å². The van der Waals surface area contributed by atoms with Crippen LogP contribution in [0.15, 0.2) is 36.5 Å². The fourth-order valence-electron chi connectivity index (χ4n) is 3.10. The highest BCUT2D eigenvalue weighted by molar-refractivity contribution is 7.84. The van der Waals surface area contributed by atoms with E-state index in [0.29, 0.717) is 16.7 Å². The fraction of sp³-hybridized carbons (Fsp3) is 0.238. The molecule has 0 amide bonds. The third kappa shape index (κ3) is 5.59. The van der Waals surface area contributed by atoms with Crippen LogP contribution in [-0.2, 0) is 16.7 Å². The Hall–Kier alpha value is -3.64. The lowest BCUT2D eigenvalue weighted by molar-refractivity contribution is 0.340. The maximum Gasteiger partial charge on any atom is 0.384 e. The topological polar surface area (TPSA) is 160 Å². The normalized spacial score (nSPS) is 11.5. The van der Waals surface area contributed by atoms with Gasteiger partial charge < -0.3 is 26.1 Å². The standard InChI is InChI=1S/C21H25FN6O4S/c1-4-31-17-6-12(5-14-11-26-21(25)27-20(14)24)7-18(32-33(29,30)28(2)3)19(17)13-8-15(22)10-16(23)9-13/h6-11H,4-5,23H2,1-3H3,(H4,24,25,26,27). The van der Waals surface area contributed by atoms with Gasteiger partial charge in [0.05, 0.1) is 12.2 Å². The largest absolute Gasteiger partial charge is 0.493 e. The Morgan fingerprint density at radius 1 is 1.06 bits per heavy atom. The monoisotopic (exact) mass is 476 g/mol. The summed E-state index contributed by atoms with van der Waals surface area (Å²) in [7, 11) is -1.49. The molecule has 0 bridgehead atoms. The quantitative estimate of drug-likeness (QED) is 0.414. The van der Waals surface area contributed by atoms with Crippen LogP contribution >= 0.6 is 0 Å². The molecule has 0 saturated heterocycles. The Morgan fingerprint density at radius 2 is 1.76 bits per heavy atom. The number of hydrogen-bond donors (Lipinski definition) is 3. The van der Waals surface area contributed by atoms with Gasteiger partial charge in [-0.1, -0.05) is 0 Å². The van der Waals surface area contributed by atoms with E-state index in [1.165, 1.54) is 38.5 Å². The zero-order valence-electron chi connectivity index (χ0n) is 18.4. The maximum absolute atomic E-state index is 14.1. The average Bonchev–Trinajstić information content (AvgIpc) is 2.69. The highest BCUT2D eigenvalue weighted by Crippen LogP contribution is 2.42. The number of halogens is 1. The van der Waals surface area contributed by atoms with Gasteiger partial charge in [0, 0.05) is 38.0 Å². The van der Waals surface area contributed by atoms with E-state index < -0.39 is 16.1 Å². The van der Waals surface area contributed by atoms with Crippen molar-refractivity contribution in [3.8, 4) is 22.6 Å². The molecule has 33 heavy (non-hydrogen) atoms. The Balaban J connectivity index is 2.23. The van der Waals surface area contributed by atoms with Crippen LogP contribution in [0.5, 0.6) is 11.5 Å². The highest BCUT2D eigenvalue weighted by Gasteiger charge is 2.24. The van der Waals surface area contributed by atoms with Crippen LogP contribution < -0.4 is 26.1 Å². The molecule has 3 aromatic rings. The van der Waals surface area contributed by atoms with Gasteiger partial charge in [-0.05, 0) is 48.4 Å². The number of benzene rings is 2. The zero-order chi connectivity index (χ0) is 24.3. The summed E-state index contributed by atoms with van der Waals surface area (Å²) in [5, 5.41) is 0. The molecule has 1 aromatic heterocycles. The van der Waals surface area contributed by atoms with Gasteiger partial charge in [-0.15, -0.1) is 0 Å². The molecule has 0 saturated carbocycles. The number of aromatic nitrogens is 2. The molecule has 10 nitrogen and oxygen atoms in total. The minimum Gasteiger partial charge on any atom is -0.493 e. The van der Waals surface area contributed by atoms with E-state index in [0.717, 1.165) is 10.4 Å². The Bertz CT molecular complexity index is 1260. The van der Waals surface area contributed by atoms with Crippen molar-refractivity contribution in [2.24, 2.45) is 0 Å². The van der Waals surface area contributed by atoms with E-state index in [1.807, 2.05) is 0 Å². The summed E-state index contributed by atoms with van der Waals surface area (Å²) < 4.78 is 51.4. The first kappa shape index (κ1) is 24.0. The summed E-state index contributed by atoms with van der Waals surface area (Å²) in [6.45, 7) is 2.02. The van der Waals surface area contributed by atoms with Crippen molar-refractivity contribution in [1.82, 2.24) is 14.3 Å². The van der Waals surface area contributed by atoms with Gasteiger partial charge in [0.1, 0.15) is 17.4 Å². The number of nitrogen functional groups attached to an aromatic ring is 3. The Labute approximate surface area is 191 Å². The number of ether oxygens (including phenoxy) is 1. The number of anilines is 3. The second-order valence-corrected chi connectivity index (χ2v) is 9.06. The molecule has 0 aliphatic heterocycles. The van der Waals surface area contributed by atoms with Gasteiger partial charge in [0.2, 0.25) is 5.95 Å². The molecule has 6 N–H and O–H groups in total. The number of nitrogens with two attached hydrogens (primary N) is 3. The molecule has 0 aliphatic carbocycles. The summed E-state index contributed by atoms with van der Waals surface area (Å²) in [4.78, 5) is 7.89. The SMILES string of the molecule is CCOc1cc(Cc2cnc(N)nc2N)cc(OS(=O)(=O)N(C)C)c1-c1cc(N)cc(F)c1. The molecule has 176 valence electrons. The minimum absolute atomic E-state index is 0.0337. The third-order valence-corrected chi connectivity index (χ3v) is 5.87. The van der Waals surface area contributed by atoms with Crippen molar-refractivity contribution in [2.45, 2.75) is 13.3 Å². The molecule has 3 rings (SSSR count). The smallest absolute Gasteiger partial charge is 0.384 e. The number of hydrogen-bond acceptors (Lipinski definition) is 9. The van der Waals surface area contributed by atoms with Gasteiger partial charge >= 0.3 is 10.3 Å². The summed E-state index contributed by atoms with van der Waals surface area (Å²) in [5.41, 5.74) is 19.2. The van der Waals surface area contributed by atoms with Gasteiger partial charge in [-0.25, -0.2) is 9.37 Å². The number of rotatable bonds is 8. The van der Waals surface area contributed by atoms with Crippen LogP contribution in [0.1, 0.15) is 18.1 Å². The van der Waals surface area contributed by atoms with Crippen LogP contribution in [0.3, 0.4) is 0 Å². The van der Waals surface area contributed by atoms with Gasteiger partial charge in [-0.2, -0.15) is 17.7 Å². The van der Waals surface area contributed by atoms with E-state index >= 15 is 0 Å². The van der Waals surface area contributed by atoms with E-state index in [2.05, 4.69) is 9.97 Å². The molecule has 1 heterocycles. The molecule has 12 heteroatoms. The zero-order valence-corrected chi connectivity index (χ0v) is 19.2. The Kier molecular flexibility index (Phi) is 6.89. The second-order valence-electron chi connectivity index (χ2n) is 7.31. The first-order valence-electron chi connectivity index (χ1n) is 9.85. The van der Waals surface area contributed by atoms with Crippen LogP contribution in [0.25, 0.3) is 11.1 Å². The van der Waals surface area contributed by atoms with Gasteiger partial charge in [0.25, 0.3) is 0 Å². The lowest BCUT2D eigenvalue weighted by Gasteiger charge is -2.20. The van der Waals surface area contributed by atoms with Crippen LogP contribution in [0, 0.1) is 5.82 Å². The summed E-state index contributed by atoms with van der Waals surface area (Å²) in [6, 6.07) is 7.07. The molecule has 0 spiro atoms. The van der Waals surface area contributed by atoms with E-state index in [9.17, 15) is 12.8 Å². The van der Waals surface area contributed by atoms with E-state index in [1.54, 1.807) is 13.0 Å². The minimum atomic E-state index is -4.15. The molecule has 0 radical (unpaired) electrons. The van der Waals surface area contributed by atoms with Crippen molar-refractivity contribution in [2.75, 3.05) is 37.9 Å². The van der Waals surface area contributed by atoms with E-state index in [-0.39, 0.29) is 47.5 Å². The molecule has 0 atom stereocenters. The molecule has 2 aromatic carbocycles. The lowest BCUT2D eigenvalue weighted by Crippen LogP contribution is -2.27. The van der Waals surface area contributed by atoms with Crippen molar-refractivity contribution in [1.29, 1.82) is 0 Å². The summed E-state index contributed by atoms with van der Waals surface area (Å²) in [6.07, 6.45) is 1.71. The molecule has 0 fully saturated rings. The predicted molar refractivity (Wildman–Crippen MR) is 124 cm³/mol. The maximum atomic E-state index is 14.1. The highest BCUT2D eigenvalue weighted by atomic mass is 32.2. The van der Waals surface area contributed by atoms with Crippen molar-refractivity contribution >= 4 is 27.8 Å². The number of nitrogens with zero attached hydrogens (tertiary/aromatic N) is 3. The fourth-order valence-corrected chi connectivity index (χ4v) is 3.61. The van der Waals surface area contributed by atoms with Crippen LogP contribution in [-0.4, -0.2) is 43.4 Å². The third-order valence-electron chi connectivity index (χ3n) is 4.59. The Morgan fingerprint density at radius 3 is 2.36 bits per heavy atom. The van der Waals surface area contributed by atoms with Crippen molar-refractivity contribution in [3.05, 3.63) is 53.5 Å². The van der Waals surface area contributed by atoms with Crippen molar-refractivity contribution in [3.63, 3.8) is 0 Å².